The molecular weight excluding hydrogens is 278 g/mol. The van der Waals surface area contributed by atoms with Crippen molar-refractivity contribution in [3.05, 3.63) is 24.3 Å². The van der Waals surface area contributed by atoms with E-state index in [0.717, 1.165) is 30.8 Å². The van der Waals surface area contributed by atoms with Crippen molar-refractivity contribution in [1.82, 2.24) is 5.32 Å². The number of rotatable bonds is 7. The van der Waals surface area contributed by atoms with E-state index in [-0.39, 0.29) is 5.91 Å². The van der Waals surface area contributed by atoms with Gasteiger partial charge < -0.3 is 14.8 Å². The normalized spacial score (nSPS) is 15.9. The fraction of sp³-hybridized carbons (Fsp3) is 0.611. The highest BCUT2D eigenvalue weighted by molar-refractivity contribution is 5.76. The molecule has 0 aliphatic heterocycles. The lowest BCUT2D eigenvalue weighted by molar-refractivity contribution is -0.122. The SMILES string of the molecule is COc1ccc(OCCCC(=O)NC2CCCCCC2)cc1. The van der Waals surface area contributed by atoms with Crippen LogP contribution in [0.3, 0.4) is 0 Å². The lowest BCUT2D eigenvalue weighted by Gasteiger charge is -2.16. The highest BCUT2D eigenvalue weighted by atomic mass is 16.5. The van der Waals surface area contributed by atoms with Gasteiger partial charge in [-0.3, -0.25) is 4.79 Å². The molecule has 2 rings (SSSR count). The van der Waals surface area contributed by atoms with Gasteiger partial charge in [0.05, 0.1) is 13.7 Å². The van der Waals surface area contributed by atoms with Gasteiger partial charge in [0, 0.05) is 12.5 Å². The number of carbonyl (C=O) groups is 1. The number of hydrogen-bond donors (Lipinski definition) is 1. The first kappa shape index (κ1) is 16.7. The maximum Gasteiger partial charge on any atom is 0.220 e. The van der Waals surface area contributed by atoms with E-state index in [0.29, 0.717) is 19.1 Å². The standard InChI is InChI=1S/C18H27NO3/c1-21-16-10-12-17(13-11-16)22-14-6-9-18(20)19-15-7-4-2-3-5-8-15/h10-13,15H,2-9,14H2,1H3,(H,19,20). The Morgan fingerprint density at radius 2 is 1.73 bits per heavy atom. The molecule has 0 spiro atoms. The van der Waals surface area contributed by atoms with E-state index in [1.807, 2.05) is 24.3 Å². The molecule has 1 saturated carbocycles. The van der Waals surface area contributed by atoms with Gasteiger partial charge in [-0.15, -0.1) is 0 Å². The Labute approximate surface area is 133 Å². The quantitative estimate of drug-likeness (QED) is 0.617. The molecule has 0 atom stereocenters. The summed E-state index contributed by atoms with van der Waals surface area (Å²) in [5.41, 5.74) is 0. The molecule has 22 heavy (non-hydrogen) atoms. The molecule has 0 radical (unpaired) electrons. The van der Waals surface area contributed by atoms with Crippen LogP contribution in [0.1, 0.15) is 51.4 Å². The van der Waals surface area contributed by atoms with E-state index < -0.39 is 0 Å². The highest BCUT2D eigenvalue weighted by Crippen LogP contribution is 2.18. The smallest absolute Gasteiger partial charge is 0.220 e. The van der Waals surface area contributed by atoms with Crippen molar-refractivity contribution in [2.24, 2.45) is 0 Å². The monoisotopic (exact) mass is 305 g/mol. The zero-order chi connectivity index (χ0) is 15.6. The van der Waals surface area contributed by atoms with E-state index in [1.165, 1.54) is 25.7 Å². The van der Waals surface area contributed by atoms with E-state index in [1.54, 1.807) is 7.11 Å². The van der Waals surface area contributed by atoms with Gasteiger partial charge in [0.1, 0.15) is 11.5 Å². The summed E-state index contributed by atoms with van der Waals surface area (Å²) < 4.78 is 10.7. The minimum atomic E-state index is 0.158. The first-order valence-corrected chi connectivity index (χ1v) is 8.34. The molecule has 4 nitrogen and oxygen atoms in total. The zero-order valence-corrected chi connectivity index (χ0v) is 13.5. The molecule has 0 heterocycles. The molecule has 1 aliphatic rings. The van der Waals surface area contributed by atoms with Gasteiger partial charge in [0.2, 0.25) is 5.91 Å². The first-order valence-electron chi connectivity index (χ1n) is 8.34. The van der Waals surface area contributed by atoms with Crippen LogP contribution in [0.2, 0.25) is 0 Å². The predicted octanol–water partition coefficient (Wildman–Crippen LogP) is 3.69. The topological polar surface area (TPSA) is 47.6 Å². The van der Waals surface area contributed by atoms with Crippen LogP contribution in [0, 0.1) is 0 Å². The van der Waals surface area contributed by atoms with Gasteiger partial charge in [-0.05, 0) is 43.5 Å². The fourth-order valence-electron chi connectivity index (χ4n) is 2.82. The van der Waals surface area contributed by atoms with Crippen LogP contribution in [0.4, 0.5) is 0 Å². The second-order valence-electron chi connectivity index (χ2n) is 5.88. The van der Waals surface area contributed by atoms with Crippen LogP contribution in [0.5, 0.6) is 11.5 Å². The van der Waals surface area contributed by atoms with Crippen molar-refractivity contribution in [2.45, 2.75) is 57.4 Å². The number of benzene rings is 1. The van der Waals surface area contributed by atoms with E-state index in [9.17, 15) is 4.79 Å². The van der Waals surface area contributed by atoms with Crippen molar-refractivity contribution in [1.29, 1.82) is 0 Å². The molecule has 122 valence electrons. The summed E-state index contributed by atoms with van der Waals surface area (Å²) >= 11 is 0. The fourth-order valence-corrected chi connectivity index (χ4v) is 2.82. The molecule has 1 aromatic rings. The predicted molar refractivity (Wildman–Crippen MR) is 87.4 cm³/mol. The molecule has 0 aromatic heterocycles. The number of hydrogen-bond acceptors (Lipinski definition) is 3. The highest BCUT2D eigenvalue weighted by Gasteiger charge is 2.14. The van der Waals surface area contributed by atoms with Gasteiger partial charge in [-0.25, -0.2) is 0 Å². The summed E-state index contributed by atoms with van der Waals surface area (Å²) in [5, 5.41) is 3.16. The second kappa shape index (κ2) is 9.34. The largest absolute Gasteiger partial charge is 0.497 e. The summed E-state index contributed by atoms with van der Waals surface area (Å²) in [6.07, 6.45) is 8.64. The summed E-state index contributed by atoms with van der Waals surface area (Å²) in [6.45, 7) is 0.560. The van der Waals surface area contributed by atoms with Crippen LogP contribution in [-0.2, 0) is 4.79 Å². The Bertz CT molecular complexity index is 436. The molecule has 1 aliphatic carbocycles. The summed E-state index contributed by atoms with van der Waals surface area (Å²) in [5.74, 6) is 1.78. The Hall–Kier alpha value is -1.71. The maximum atomic E-state index is 11.9. The average molecular weight is 305 g/mol. The summed E-state index contributed by atoms with van der Waals surface area (Å²) in [6, 6.07) is 7.88. The van der Waals surface area contributed by atoms with Crippen molar-refractivity contribution in [2.75, 3.05) is 13.7 Å². The molecule has 0 unspecified atom stereocenters. The maximum absolute atomic E-state index is 11.9. The molecule has 1 amide bonds. The summed E-state index contributed by atoms with van der Waals surface area (Å²) in [7, 11) is 1.64. The molecule has 1 fully saturated rings. The van der Waals surface area contributed by atoms with Crippen LogP contribution in [0.15, 0.2) is 24.3 Å². The van der Waals surface area contributed by atoms with Crippen molar-refractivity contribution in [3.8, 4) is 11.5 Å². The molecule has 1 aromatic carbocycles. The molecule has 1 N–H and O–H groups in total. The van der Waals surface area contributed by atoms with Crippen LogP contribution in [-0.4, -0.2) is 25.7 Å². The number of nitrogens with one attached hydrogen (secondary N) is 1. The van der Waals surface area contributed by atoms with E-state index in [4.69, 9.17) is 9.47 Å². The van der Waals surface area contributed by atoms with Gasteiger partial charge in [0.15, 0.2) is 0 Å². The van der Waals surface area contributed by atoms with Crippen LogP contribution in [0.25, 0.3) is 0 Å². The number of methoxy groups -OCH3 is 1. The van der Waals surface area contributed by atoms with Crippen molar-refractivity contribution >= 4 is 5.91 Å². The van der Waals surface area contributed by atoms with Gasteiger partial charge in [0.25, 0.3) is 0 Å². The van der Waals surface area contributed by atoms with Gasteiger partial charge >= 0.3 is 0 Å². The third-order valence-electron chi connectivity index (χ3n) is 4.10. The average Bonchev–Trinajstić information content (AvgIpc) is 2.81. The summed E-state index contributed by atoms with van der Waals surface area (Å²) in [4.78, 5) is 11.9. The minimum absolute atomic E-state index is 0.158. The lowest BCUT2D eigenvalue weighted by atomic mass is 10.1. The molecule has 0 bridgehead atoms. The van der Waals surface area contributed by atoms with Crippen molar-refractivity contribution in [3.63, 3.8) is 0 Å². The number of ether oxygens (including phenoxy) is 2. The zero-order valence-electron chi connectivity index (χ0n) is 13.5. The Morgan fingerprint density at radius 1 is 1.09 bits per heavy atom. The first-order chi connectivity index (χ1) is 10.8. The minimum Gasteiger partial charge on any atom is -0.497 e. The van der Waals surface area contributed by atoms with E-state index >= 15 is 0 Å². The van der Waals surface area contributed by atoms with Crippen LogP contribution >= 0.6 is 0 Å². The lowest BCUT2D eigenvalue weighted by Crippen LogP contribution is -2.34. The van der Waals surface area contributed by atoms with Crippen molar-refractivity contribution < 1.29 is 14.3 Å². The van der Waals surface area contributed by atoms with Gasteiger partial charge in [-0.2, -0.15) is 0 Å². The Kier molecular flexibility index (Phi) is 7.07. The molecular formula is C18H27NO3. The molecule has 4 heteroatoms. The second-order valence-corrected chi connectivity index (χ2v) is 5.88. The number of carbonyl (C=O) groups excluding carboxylic acids is 1. The third kappa shape index (κ3) is 5.96. The number of amides is 1. The third-order valence-corrected chi connectivity index (χ3v) is 4.10. The molecule has 0 saturated heterocycles. The Balaban J connectivity index is 1.59. The van der Waals surface area contributed by atoms with Crippen LogP contribution < -0.4 is 14.8 Å². The van der Waals surface area contributed by atoms with E-state index in [2.05, 4.69) is 5.32 Å². The Morgan fingerprint density at radius 3 is 2.36 bits per heavy atom. The van der Waals surface area contributed by atoms with Gasteiger partial charge in [-0.1, -0.05) is 25.7 Å².